The highest BCUT2D eigenvalue weighted by molar-refractivity contribution is 6.42. The summed E-state index contributed by atoms with van der Waals surface area (Å²) in [5.41, 5.74) is -1.18. The molecule has 1 aromatic carbocycles. The minimum Gasteiger partial charge on any atom is -0.479 e. The molecule has 104 valence electrons. The molecule has 4 nitrogen and oxygen atoms in total. The van der Waals surface area contributed by atoms with E-state index in [1.54, 1.807) is 13.8 Å². The van der Waals surface area contributed by atoms with Crippen molar-refractivity contribution in [2.45, 2.75) is 26.3 Å². The van der Waals surface area contributed by atoms with E-state index in [0.717, 1.165) is 0 Å². The number of carbonyl (C=O) groups is 2. The maximum Gasteiger partial charge on any atom is 0.333 e. The number of halogens is 2. The first-order valence-corrected chi connectivity index (χ1v) is 6.45. The average molecular weight is 304 g/mol. The Morgan fingerprint density at radius 3 is 2.26 bits per heavy atom. The van der Waals surface area contributed by atoms with E-state index in [4.69, 9.17) is 23.2 Å². The van der Waals surface area contributed by atoms with Crippen molar-refractivity contribution in [3.8, 4) is 0 Å². The summed E-state index contributed by atoms with van der Waals surface area (Å²) in [6.45, 7) is 4.79. The van der Waals surface area contributed by atoms with Gasteiger partial charge in [-0.15, -0.1) is 0 Å². The monoisotopic (exact) mass is 303 g/mol. The van der Waals surface area contributed by atoms with E-state index in [9.17, 15) is 14.7 Å². The van der Waals surface area contributed by atoms with E-state index in [1.165, 1.54) is 25.1 Å². The molecule has 0 radical (unpaired) electrons. The number of carbonyl (C=O) groups excluding carboxylic acids is 1. The number of amides is 1. The van der Waals surface area contributed by atoms with Gasteiger partial charge in [-0.25, -0.2) is 4.79 Å². The minimum absolute atomic E-state index is 0.241. The third-order valence-electron chi connectivity index (χ3n) is 2.82. The summed E-state index contributed by atoms with van der Waals surface area (Å²) in [7, 11) is 0. The molecule has 0 saturated heterocycles. The second-order valence-electron chi connectivity index (χ2n) is 4.70. The van der Waals surface area contributed by atoms with Gasteiger partial charge in [0.25, 0.3) is 0 Å². The summed E-state index contributed by atoms with van der Waals surface area (Å²) in [4.78, 5) is 23.2. The number of nitrogens with one attached hydrogen (secondary N) is 1. The number of carboxylic acids is 1. The fourth-order valence-corrected chi connectivity index (χ4v) is 1.75. The zero-order valence-corrected chi connectivity index (χ0v) is 12.3. The van der Waals surface area contributed by atoms with Gasteiger partial charge in [-0.05, 0) is 24.6 Å². The first-order chi connectivity index (χ1) is 8.68. The zero-order valence-electron chi connectivity index (χ0n) is 10.8. The Balaban J connectivity index is 3.22. The van der Waals surface area contributed by atoms with Crippen molar-refractivity contribution in [1.29, 1.82) is 0 Å². The summed E-state index contributed by atoms with van der Waals surface area (Å²) in [6.07, 6.45) is 0. The Hall–Kier alpha value is -1.26. The van der Waals surface area contributed by atoms with Crippen LogP contribution in [0.25, 0.3) is 0 Å². The molecule has 1 amide bonds. The number of hydrogen-bond acceptors (Lipinski definition) is 2. The van der Waals surface area contributed by atoms with Crippen molar-refractivity contribution in [3.63, 3.8) is 0 Å². The Morgan fingerprint density at radius 1 is 1.26 bits per heavy atom. The van der Waals surface area contributed by atoms with Gasteiger partial charge >= 0.3 is 5.97 Å². The van der Waals surface area contributed by atoms with E-state index >= 15 is 0 Å². The molecule has 0 bridgehead atoms. The van der Waals surface area contributed by atoms with Crippen LogP contribution in [0.5, 0.6) is 0 Å². The molecule has 0 spiro atoms. The summed E-state index contributed by atoms with van der Waals surface area (Å²) in [5.74, 6) is -1.84. The number of rotatable bonds is 4. The molecule has 0 aliphatic heterocycles. The van der Waals surface area contributed by atoms with Crippen LogP contribution in [0.1, 0.15) is 26.3 Å². The fraction of sp³-hybridized carbons (Fsp3) is 0.385. The fourth-order valence-electron chi connectivity index (χ4n) is 1.45. The molecule has 19 heavy (non-hydrogen) atoms. The van der Waals surface area contributed by atoms with Crippen molar-refractivity contribution < 1.29 is 14.7 Å². The van der Waals surface area contributed by atoms with Crippen LogP contribution in [0.4, 0.5) is 0 Å². The van der Waals surface area contributed by atoms with Gasteiger partial charge < -0.3 is 10.4 Å². The molecular weight excluding hydrogens is 289 g/mol. The summed E-state index contributed by atoms with van der Waals surface area (Å²) in [6, 6.07) is 4.48. The van der Waals surface area contributed by atoms with E-state index < -0.39 is 11.5 Å². The van der Waals surface area contributed by atoms with Crippen molar-refractivity contribution in [1.82, 2.24) is 5.32 Å². The van der Waals surface area contributed by atoms with Gasteiger partial charge in [0, 0.05) is 5.92 Å². The van der Waals surface area contributed by atoms with Crippen LogP contribution in [0, 0.1) is 5.92 Å². The van der Waals surface area contributed by atoms with Gasteiger partial charge in [-0.3, -0.25) is 4.79 Å². The average Bonchev–Trinajstić information content (AvgIpc) is 2.31. The number of carboxylic acid groups (broad SMARTS) is 1. The quantitative estimate of drug-likeness (QED) is 0.898. The summed E-state index contributed by atoms with van der Waals surface area (Å²) >= 11 is 11.7. The van der Waals surface area contributed by atoms with Crippen molar-refractivity contribution >= 4 is 35.1 Å². The number of aliphatic carboxylic acids is 1. The molecule has 1 atom stereocenters. The van der Waals surface area contributed by atoms with Gasteiger partial charge in [0.1, 0.15) is 0 Å². The maximum absolute atomic E-state index is 11.8. The third kappa shape index (κ3) is 3.39. The first-order valence-electron chi connectivity index (χ1n) is 5.69. The molecule has 1 rings (SSSR count). The highest BCUT2D eigenvalue weighted by atomic mass is 35.5. The normalized spacial score (nSPS) is 14.0. The standard InChI is InChI=1S/C13H15Cl2NO3/c1-7(2)11(17)16-13(3,12(18)19)8-4-5-9(14)10(15)6-8/h4-7H,1-3H3,(H,16,17)(H,18,19). The molecule has 0 heterocycles. The Bertz CT molecular complexity index is 517. The lowest BCUT2D eigenvalue weighted by Gasteiger charge is -2.28. The van der Waals surface area contributed by atoms with Crippen LogP contribution in [0.3, 0.4) is 0 Å². The van der Waals surface area contributed by atoms with Crippen LogP contribution >= 0.6 is 23.2 Å². The molecule has 1 aromatic rings. The molecule has 2 N–H and O–H groups in total. The molecule has 6 heteroatoms. The van der Waals surface area contributed by atoms with Crippen LogP contribution in [-0.2, 0) is 15.1 Å². The van der Waals surface area contributed by atoms with Gasteiger partial charge in [0.15, 0.2) is 5.54 Å². The van der Waals surface area contributed by atoms with Gasteiger partial charge in [-0.2, -0.15) is 0 Å². The Kier molecular flexibility index (Phi) is 4.82. The minimum atomic E-state index is -1.55. The SMILES string of the molecule is CC(C)C(=O)NC(C)(C(=O)O)c1ccc(Cl)c(Cl)c1. The van der Waals surface area contributed by atoms with Crippen molar-refractivity contribution in [2.75, 3.05) is 0 Å². The van der Waals surface area contributed by atoms with Gasteiger partial charge in [0.05, 0.1) is 10.0 Å². The zero-order chi connectivity index (χ0) is 14.8. The number of hydrogen-bond donors (Lipinski definition) is 2. The molecule has 0 fully saturated rings. The third-order valence-corrected chi connectivity index (χ3v) is 3.56. The van der Waals surface area contributed by atoms with E-state index in [0.29, 0.717) is 10.6 Å². The topological polar surface area (TPSA) is 66.4 Å². The second kappa shape index (κ2) is 5.80. The van der Waals surface area contributed by atoms with Crippen LogP contribution in [-0.4, -0.2) is 17.0 Å². The second-order valence-corrected chi connectivity index (χ2v) is 5.52. The smallest absolute Gasteiger partial charge is 0.333 e. The molecule has 0 aromatic heterocycles. The van der Waals surface area contributed by atoms with E-state index in [1.807, 2.05) is 0 Å². The highest BCUT2D eigenvalue weighted by Crippen LogP contribution is 2.29. The van der Waals surface area contributed by atoms with E-state index in [-0.39, 0.29) is 16.8 Å². The molecule has 0 saturated carbocycles. The lowest BCUT2D eigenvalue weighted by molar-refractivity contribution is -0.147. The van der Waals surface area contributed by atoms with E-state index in [2.05, 4.69) is 5.32 Å². The Morgan fingerprint density at radius 2 is 1.84 bits per heavy atom. The number of benzene rings is 1. The van der Waals surface area contributed by atoms with Crippen molar-refractivity contribution in [2.24, 2.45) is 5.92 Å². The van der Waals surface area contributed by atoms with Gasteiger partial charge in [-0.1, -0.05) is 43.1 Å². The predicted molar refractivity (Wildman–Crippen MR) is 74.4 cm³/mol. The molecule has 1 unspecified atom stereocenters. The van der Waals surface area contributed by atoms with Crippen molar-refractivity contribution in [3.05, 3.63) is 33.8 Å². The van der Waals surface area contributed by atoms with Crippen LogP contribution in [0.15, 0.2) is 18.2 Å². The molecule has 0 aliphatic rings. The summed E-state index contributed by atoms with van der Waals surface area (Å²) in [5, 5.41) is 12.5. The first kappa shape index (κ1) is 15.8. The predicted octanol–water partition coefficient (Wildman–Crippen LogP) is 3.07. The Labute approximate surface area is 121 Å². The maximum atomic E-state index is 11.8. The summed E-state index contributed by atoms with van der Waals surface area (Å²) < 4.78 is 0. The van der Waals surface area contributed by atoms with Crippen LogP contribution in [0.2, 0.25) is 10.0 Å². The largest absolute Gasteiger partial charge is 0.479 e. The van der Waals surface area contributed by atoms with Gasteiger partial charge in [0.2, 0.25) is 5.91 Å². The highest BCUT2D eigenvalue weighted by Gasteiger charge is 2.37. The lowest BCUT2D eigenvalue weighted by Crippen LogP contribution is -2.50. The lowest BCUT2D eigenvalue weighted by atomic mass is 9.91. The van der Waals surface area contributed by atoms with Crippen LogP contribution < -0.4 is 5.32 Å². The molecule has 0 aliphatic carbocycles. The molecular formula is C13H15Cl2NO3.